The van der Waals surface area contributed by atoms with Crippen LogP contribution in [0.3, 0.4) is 0 Å². The third kappa shape index (κ3) is 5.95. The molecule has 0 fully saturated rings. The largest absolute Gasteiger partial charge is 0.497 e. The molecule has 0 bridgehead atoms. The minimum Gasteiger partial charge on any atom is -0.497 e. The average molecular weight is 470 g/mol. The molecule has 0 spiro atoms. The van der Waals surface area contributed by atoms with E-state index in [9.17, 15) is 17.6 Å². The molecule has 3 aromatic rings. The highest BCUT2D eigenvalue weighted by atomic mass is 32.2. The number of halogens is 1. The predicted molar refractivity (Wildman–Crippen MR) is 125 cm³/mol. The Bertz CT molecular complexity index is 1260. The molecular weight excluding hydrogens is 445 g/mol. The number of hydrazone groups is 1. The number of methoxy groups -OCH3 is 1. The highest BCUT2D eigenvalue weighted by molar-refractivity contribution is 7.92. The number of nitrogens with zero attached hydrogens (tertiary/aromatic N) is 2. The van der Waals surface area contributed by atoms with Crippen molar-refractivity contribution in [1.29, 1.82) is 0 Å². The summed E-state index contributed by atoms with van der Waals surface area (Å²) in [6.07, 6.45) is 0. The molecule has 0 saturated heterocycles. The van der Waals surface area contributed by atoms with Crippen molar-refractivity contribution in [2.45, 2.75) is 18.7 Å². The topological polar surface area (TPSA) is 88.1 Å². The van der Waals surface area contributed by atoms with Crippen LogP contribution >= 0.6 is 0 Å². The first-order valence-electron chi connectivity index (χ1n) is 10.0. The molecule has 0 unspecified atom stereocenters. The summed E-state index contributed by atoms with van der Waals surface area (Å²) in [5.74, 6) is -0.581. The smallest absolute Gasteiger partial charge is 0.264 e. The molecule has 0 saturated carbocycles. The Kier molecular flexibility index (Phi) is 7.44. The fourth-order valence-corrected chi connectivity index (χ4v) is 4.40. The van der Waals surface area contributed by atoms with Gasteiger partial charge in [-0.15, -0.1) is 0 Å². The Morgan fingerprint density at radius 2 is 1.73 bits per heavy atom. The van der Waals surface area contributed by atoms with Gasteiger partial charge < -0.3 is 4.74 Å². The summed E-state index contributed by atoms with van der Waals surface area (Å²) in [6.45, 7) is 2.99. The SMILES string of the molecule is COc1cccc(N(CC(=O)N/N=C(/C)c2ccc(F)cc2)S(=O)(=O)c2ccc(C)cc2)c1. The third-order valence-electron chi connectivity index (χ3n) is 4.85. The van der Waals surface area contributed by atoms with E-state index in [-0.39, 0.29) is 16.4 Å². The minimum atomic E-state index is -4.06. The van der Waals surface area contributed by atoms with E-state index in [1.165, 1.54) is 49.6 Å². The number of sulfonamides is 1. The lowest BCUT2D eigenvalue weighted by Gasteiger charge is -2.24. The average Bonchev–Trinajstić information content (AvgIpc) is 2.81. The van der Waals surface area contributed by atoms with Crippen molar-refractivity contribution in [3.63, 3.8) is 0 Å². The highest BCUT2D eigenvalue weighted by Gasteiger charge is 2.27. The maximum absolute atomic E-state index is 13.4. The highest BCUT2D eigenvalue weighted by Crippen LogP contribution is 2.27. The number of anilines is 1. The molecule has 0 aromatic heterocycles. The Balaban J connectivity index is 1.89. The monoisotopic (exact) mass is 469 g/mol. The number of nitrogens with one attached hydrogen (secondary N) is 1. The zero-order valence-corrected chi connectivity index (χ0v) is 19.3. The zero-order valence-electron chi connectivity index (χ0n) is 18.4. The van der Waals surface area contributed by atoms with Crippen molar-refractivity contribution >= 4 is 27.3 Å². The number of ether oxygens (including phenoxy) is 1. The molecule has 9 heteroatoms. The van der Waals surface area contributed by atoms with Crippen LogP contribution in [0.4, 0.5) is 10.1 Å². The predicted octanol–water partition coefficient (Wildman–Crippen LogP) is 3.88. The molecule has 0 aliphatic heterocycles. The van der Waals surface area contributed by atoms with Gasteiger partial charge in [0.1, 0.15) is 18.1 Å². The molecule has 3 aromatic carbocycles. The Labute approximate surface area is 192 Å². The van der Waals surface area contributed by atoms with Crippen LogP contribution in [0, 0.1) is 12.7 Å². The number of carbonyl (C=O) groups excluding carboxylic acids is 1. The second-order valence-corrected chi connectivity index (χ2v) is 9.13. The summed E-state index contributed by atoms with van der Waals surface area (Å²) < 4.78 is 46.1. The van der Waals surface area contributed by atoms with Gasteiger partial charge in [-0.1, -0.05) is 35.9 Å². The molecule has 1 N–H and O–H groups in total. The van der Waals surface area contributed by atoms with Crippen molar-refractivity contribution in [2.24, 2.45) is 5.10 Å². The number of rotatable bonds is 8. The van der Waals surface area contributed by atoms with E-state index < -0.39 is 22.5 Å². The maximum Gasteiger partial charge on any atom is 0.264 e. The maximum atomic E-state index is 13.4. The molecule has 0 heterocycles. The summed E-state index contributed by atoms with van der Waals surface area (Å²) >= 11 is 0. The summed E-state index contributed by atoms with van der Waals surface area (Å²) in [7, 11) is -2.59. The molecule has 0 radical (unpaired) electrons. The summed E-state index contributed by atoms with van der Waals surface area (Å²) in [4.78, 5) is 12.7. The van der Waals surface area contributed by atoms with Crippen LogP contribution in [0.1, 0.15) is 18.1 Å². The van der Waals surface area contributed by atoms with Gasteiger partial charge >= 0.3 is 0 Å². The lowest BCUT2D eigenvalue weighted by atomic mass is 10.1. The normalized spacial score (nSPS) is 11.7. The molecule has 0 aliphatic carbocycles. The van der Waals surface area contributed by atoms with Crippen molar-refractivity contribution in [1.82, 2.24) is 5.43 Å². The molecule has 3 rings (SSSR count). The first kappa shape index (κ1) is 23.9. The van der Waals surface area contributed by atoms with E-state index in [1.54, 1.807) is 37.3 Å². The van der Waals surface area contributed by atoms with E-state index in [1.807, 2.05) is 6.92 Å². The Morgan fingerprint density at radius 1 is 1.06 bits per heavy atom. The third-order valence-corrected chi connectivity index (χ3v) is 6.64. The van der Waals surface area contributed by atoms with Gasteiger partial charge in [0, 0.05) is 6.07 Å². The minimum absolute atomic E-state index is 0.0507. The molecule has 172 valence electrons. The number of hydrogen-bond acceptors (Lipinski definition) is 5. The van der Waals surface area contributed by atoms with Crippen LogP contribution in [-0.2, 0) is 14.8 Å². The molecule has 1 amide bonds. The second-order valence-electron chi connectivity index (χ2n) is 7.27. The fraction of sp³-hybridized carbons (Fsp3) is 0.167. The van der Waals surface area contributed by atoms with Gasteiger partial charge in [0.15, 0.2) is 0 Å². The molecule has 0 atom stereocenters. The number of aryl methyl sites for hydroxylation is 1. The Morgan fingerprint density at radius 3 is 2.36 bits per heavy atom. The fourth-order valence-electron chi connectivity index (χ4n) is 2.99. The molecule has 33 heavy (non-hydrogen) atoms. The van der Waals surface area contributed by atoms with Crippen molar-refractivity contribution in [2.75, 3.05) is 18.0 Å². The van der Waals surface area contributed by atoms with Crippen molar-refractivity contribution in [3.05, 3.63) is 89.7 Å². The first-order chi connectivity index (χ1) is 15.7. The van der Waals surface area contributed by atoms with E-state index in [2.05, 4.69) is 10.5 Å². The number of carbonyl (C=O) groups is 1. The van der Waals surface area contributed by atoms with Gasteiger partial charge in [-0.25, -0.2) is 18.2 Å². The number of hydrogen-bond donors (Lipinski definition) is 1. The molecule has 7 nitrogen and oxygen atoms in total. The summed E-state index contributed by atoms with van der Waals surface area (Å²) in [5, 5.41) is 4.02. The van der Waals surface area contributed by atoms with E-state index in [0.717, 1.165) is 9.87 Å². The van der Waals surface area contributed by atoms with Crippen LogP contribution in [0.5, 0.6) is 5.75 Å². The van der Waals surface area contributed by atoms with Gasteiger partial charge in [0.2, 0.25) is 0 Å². The first-order valence-corrected chi connectivity index (χ1v) is 11.5. The van der Waals surface area contributed by atoms with Crippen LogP contribution in [0.15, 0.2) is 82.8 Å². The van der Waals surface area contributed by atoms with Gasteiger partial charge in [-0.2, -0.15) is 5.10 Å². The molecular formula is C24H24FN3O4S. The van der Waals surface area contributed by atoms with Crippen LogP contribution in [0.2, 0.25) is 0 Å². The lowest BCUT2D eigenvalue weighted by molar-refractivity contribution is -0.119. The van der Waals surface area contributed by atoms with Gasteiger partial charge in [0.25, 0.3) is 15.9 Å². The van der Waals surface area contributed by atoms with Gasteiger partial charge in [0.05, 0.1) is 23.4 Å². The van der Waals surface area contributed by atoms with Gasteiger partial charge in [-0.3, -0.25) is 9.10 Å². The number of benzene rings is 3. The van der Waals surface area contributed by atoms with Crippen molar-refractivity contribution < 1.29 is 22.3 Å². The van der Waals surface area contributed by atoms with Crippen molar-refractivity contribution in [3.8, 4) is 5.75 Å². The Hall–Kier alpha value is -3.72. The van der Waals surface area contributed by atoms with E-state index >= 15 is 0 Å². The standard InChI is InChI=1S/C24H24FN3O4S/c1-17-7-13-23(14-8-17)33(30,31)28(21-5-4-6-22(15-21)32-3)16-24(29)27-26-18(2)19-9-11-20(25)12-10-19/h4-15H,16H2,1-3H3,(H,27,29)/b26-18-. The van der Waals surface area contributed by atoms with Crippen LogP contribution < -0.4 is 14.5 Å². The van der Waals surface area contributed by atoms with Crippen LogP contribution in [0.25, 0.3) is 0 Å². The summed E-state index contributed by atoms with van der Waals surface area (Å²) in [5.41, 5.74) is 4.61. The van der Waals surface area contributed by atoms with Crippen LogP contribution in [-0.4, -0.2) is 33.7 Å². The zero-order chi connectivity index (χ0) is 24.0. The van der Waals surface area contributed by atoms with Gasteiger partial charge in [-0.05, 0) is 55.8 Å². The summed E-state index contributed by atoms with van der Waals surface area (Å²) in [6, 6.07) is 18.4. The second kappa shape index (κ2) is 10.3. The quantitative estimate of drug-likeness (QED) is 0.401. The molecule has 0 aliphatic rings. The number of amides is 1. The van der Waals surface area contributed by atoms with E-state index in [0.29, 0.717) is 17.0 Å². The van der Waals surface area contributed by atoms with E-state index in [4.69, 9.17) is 4.74 Å². The lowest BCUT2D eigenvalue weighted by Crippen LogP contribution is -2.39.